The summed E-state index contributed by atoms with van der Waals surface area (Å²) in [5.74, 6) is 1.25. The fraction of sp³-hybridized carbons (Fsp3) is 0.324. The molecule has 3 fully saturated rings. The van der Waals surface area contributed by atoms with Crippen molar-refractivity contribution in [2.75, 3.05) is 51.2 Å². The van der Waals surface area contributed by atoms with Crippen LogP contribution in [0.15, 0.2) is 61.6 Å². The lowest BCUT2D eigenvalue weighted by Gasteiger charge is -2.44. The fourth-order valence-electron chi connectivity index (χ4n) is 7.37. The van der Waals surface area contributed by atoms with Gasteiger partial charge in [-0.2, -0.15) is 0 Å². The molecule has 0 radical (unpaired) electrons. The number of carbonyl (C=O) groups excluding carboxylic acids is 1. The van der Waals surface area contributed by atoms with Crippen LogP contribution in [0.3, 0.4) is 0 Å². The van der Waals surface area contributed by atoms with Crippen LogP contribution in [-0.4, -0.2) is 77.7 Å². The van der Waals surface area contributed by atoms with Gasteiger partial charge in [-0.3, -0.25) is 19.1 Å². The van der Waals surface area contributed by atoms with Crippen LogP contribution >= 0.6 is 23.2 Å². The first-order valence-corrected chi connectivity index (χ1v) is 17.1. The predicted octanol–water partition coefficient (Wildman–Crippen LogP) is 7.49. The second kappa shape index (κ2) is 12.1. The molecular formula is C37H36Cl2N6O4. The molecule has 0 atom stereocenters. The largest absolute Gasteiger partial charge is 0.496 e. The number of benzene rings is 2. The Bertz CT molecular complexity index is 2130. The zero-order valence-electron chi connectivity index (χ0n) is 27.6. The van der Waals surface area contributed by atoms with E-state index in [1.54, 1.807) is 39.8 Å². The van der Waals surface area contributed by atoms with Crippen LogP contribution in [0.1, 0.15) is 25.7 Å². The lowest BCUT2D eigenvalue weighted by atomic mass is 10.0. The van der Waals surface area contributed by atoms with Crippen LogP contribution in [-0.2, 0) is 4.79 Å². The number of aromatic nitrogens is 3. The maximum atomic E-state index is 12.7. The SMILES string of the molecule is C=CC(=O)Nc1cc(-c2cc3c(cn2)cc(-c2c(Cl)c(OC)cc(OC)c2Cl)c2nccn23)c(OC)cc1N1CCN(C2CC2)C2(CC2)C1. The van der Waals surface area contributed by atoms with E-state index in [1.807, 2.05) is 34.9 Å². The number of hydrogen-bond acceptors (Lipinski definition) is 8. The summed E-state index contributed by atoms with van der Waals surface area (Å²) < 4.78 is 19.0. The summed E-state index contributed by atoms with van der Waals surface area (Å²) in [5, 5.41) is 4.60. The Morgan fingerprint density at radius 1 is 0.959 bits per heavy atom. The summed E-state index contributed by atoms with van der Waals surface area (Å²) in [7, 11) is 4.75. The molecular weight excluding hydrogens is 663 g/mol. The molecule has 1 aliphatic heterocycles. The van der Waals surface area contributed by atoms with Crippen molar-refractivity contribution in [1.82, 2.24) is 19.3 Å². The fourth-order valence-corrected chi connectivity index (χ4v) is 8.08. The highest BCUT2D eigenvalue weighted by molar-refractivity contribution is 6.41. The van der Waals surface area contributed by atoms with E-state index in [9.17, 15) is 4.79 Å². The highest BCUT2D eigenvalue weighted by atomic mass is 35.5. The van der Waals surface area contributed by atoms with Crippen LogP contribution in [0, 0.1) is 0 Å². The molecule has 12 heteroatoms. The van der Waals surface area contributed by atoms with Gasteiger partial charge in [0.15, 0.2) is 0 Å². The van der Waals surface area contributed by atoms with Gasteiger partial charge in [0.05, 0.1) is 54.0 Å². The molecule has 0 bridgehead atoms. The molecule has 1 N–H and O–H groups in total. The zero-order chi connectivity index (χ0) is 34.0. The number of rotatable bonds is 9. The average molecular weight is 700 g/mol. The second-order valence-electron chi connectivity index (χ2n) is 12.9. The summed E-state index contributed by atoms with van der Waals surface area (Å²) >= 11 is 13.7. The van der Waals surface area contributed by atoms with Crippen molar-refractivity contribution in [3.63, 3.8) is 0 Å². The summed E-state index contributed by atoms with van der Waals surface area (Å²) in [6.45, 7) is 6.50. The first-order valence-electron chi connectivity index (χ1n) is 16.3. The maximum absolute atomic E-state index is 12.7. The average Bonchev–Trinajstić information content (AvgIpc) is 4.05. The number of halogens is 2. The summed E-state index contributed by atoms with van der Waals surface area (Å²) in [5.41, 5.74) is 6.01. The van der Waals surface area contributed by atoms with E-state index in [1.165, 1.54) is 31.8 Å². The summed E-state index contributed by atoms with van der Waals surface area (Å²) in [6.07, 6.45) is 11.7. The number of amides is 1. The number of nitrogens with zero attached hydrogens (tertiary/aromatic N) is 5. The number of nitrogens with one attached hydrogen (secondary N) is 1. The highest BCUT2D eigenvalue weighted by Gasteiger charge is 2.55. The Labute approximate surface area is 294 Å². The van der Waals surface area contributed by atoms with Gasteiger partial charge < -0.3 is 24.4 Å². The molecule has 10 nitrogen and oxygen atoms in total. The Balaban J connectivity index is 1.24. The third kappa shape index (κ3) is 5.33. The molecule has 2 saturated carbocycles. The molecule has 0 unspecified atom stereocenters. The van der Waals surface area contributed by atoms with E-state index >= 15 is 0 Å². The number of anilines is 2. The van der Waals surface area contributed by atoms with E-state index in [0.29, 0.717) is 55.4 Å². The van der Waals surface area contributed by atoms with Crippen molar-refractivity contribution in [3.8, 4) is 39.6 Å². The van der Waals surface area contributed by atoms with Crippen molar-refractivity contribution in [2.24, 2.45) is 0 Å². The maximum Gasteiger partial charge on any atom is 0.247 e. The minimum absolute atomic E-state index is 0.227. The number of ether oxygens (including phenoxy) is 3. The van der Waals surface area contributed by atoms with Gasteiger partial charge in [0.25, 0.3) is 0 Å². The molecule has 3 aliphatic rings. The van der Waals surface area contributed by atoms with Gasteiger partial charge in [0.1, 0.15) is 22.9 Å². The second-order valence-corrected chi connectivity index (χ2v) is 13.7. The van der Waals surface area contributed by atoms with Crippen molar-refractivity contribution in [1.29, 1.82) is 0 Å². The third-order valence-electron chi connectivity index (χ3n) is 10.1. The number of methoxy groups -OCH3 is 3. The van der Waals surface area contributed by atoms with Crippen LogP contribution in [0.4, 0.5) is 11.4 Å². The van der Waals surface area contributed by atoms with Crippen LogP contribution < -0.4 is 24.4 Å². The molecule has 4 heterocycles. The van der Waals surface area contributed by atoms with E-state index in [0.717, 1.165) is 47.8 Å². The highest BCUT2D eigenvalue weighted by Crippen LogP contribution is 2.51. The number of hydrogen-bond donors (Lipinski definition) is 1. The molecule has 252 valence electrons. The van der Waals surface area contributed by atoms with E-state index in [-0.39, 0.29) is 11.4 Å². The number of fused-ring (bicyclic) bond motifs is 3. The monoisotopic (exact) mass is 698 g/mol. The van der Waals surface area contributed by atoms with Gasteiger partial charge >= 0.3 is 0 Å². The smallest absolute Gasteiger partial charge is 0.247 e. The van der Waals surface area contributed by atoms with Gasteiger partial charge in [-0.15, -0.1) is 0 Å². The molecule has 1 spiro atoms. The molecule has 8 rings (SSSR count). The minimum atomic E-state index is -0.277. The molecule has 2 aliphatic carbocycles. The quantitative estimate of drug-likeness (QED) is 0.158. The third-order valence-corrected chi connectivity index (χ3v) is 10.8. The number of carbonyl (C=O) groups is 1. The van der Waals surface area contributed by atoms with E-state index in [2.05, 4.69) is 26.7 Å². The van der Waals surface area contributed by atoms with Gasteiger partial charge in [-0.25, -0.2) is 4.98 Å². The Morgan fingerprint density at radius 2 is 1.69 bits per heavy atom. The zero-order valence-corrected chi connectivity index (χ0v) is 29.1. The van der Waals surface area contributed by atoms with Crippen molar-refractivity contribution in [3.05, 3.63) is 71.6 Å². The molecule has 49 heavy (non-hydrogen) atoms. The molecule has 2 aromatic carbocycles. The minimum Gasteiger partial charge on any atom is -0.496 e. The lowest BCUT2D eigenvalue weighted by Crippen LogP contribution is -2.56. The van der Waals surface area contributed by atoms with Gasteiger partial charge in [-0.05, 0) is 50.0 Å². The van der Waals surface area contributed by atoms with E-state index in [4.69, 9.17) is 42.4 Å². The van der Waals surface area contributed by atoms with Crippen molar-refractivity contribution in [2.45, 2.75) is 37.3 Å². The summed E-state index contributed by atoms with van der Waals surface area (Å²) in [4.78, 5) is 27.4. The van der Waals surface area contributed by atoms with Crippen molar-refractivity contribution < 1.29 is 19.0 Å². The molecule has 3 aromatic heterocycles. The standard InChI is InChI=1S/C37H36Cl2N6O4/c1-5-32(46)42-26-15-23(29(47-2)17-28(26)43-12-13-45(22-6-7-22)37(20-43)8-9-37)25-16-27-21(19-41-25)14-24(36-40-10-11-44(27)36)33-34(38)30(48-3)18-31(49-4)35(33)39/h5,10-11,14-19,22H,1,6-9,12-13,20H2,2-4H3,(H,42,46). The predicted molar refractivity (Wildman–Crippen MR) is 194 cm³/mol. The van der Waals surface area contributed by atoms with Crippen LogP contribution in [0.25, 0.3) is 38.9 Å². The van der Waals surface area contributed by atoms with Gasteiger partial charge in [0, 0.05) is 84.0 Å². The Kier molecular flexibility index (Phi) is 7.85. The van der Waals surface area contributed by atoms with Crippen LogP contribution in [0.5, 0.6) is 17.2 Å². The Morgan fingerprint density at radius 3 is 2.35 bits per heavy atom. The molecule has 1 amide bonds. The van der Waals surface area contributed by atoms with Crippen LogP contribution in [0.2, 0.25) is 10.0 Å². The number of piperazine rings is 1. The first kappa shape index (κ1) is 31.7. The first-order chi connectivity index (χ1) is 23.8. The normalized spacial score (nSPS) is 17.0. The van der Waals surface area contributed by atoms with Crippen molar-refractivity contribution >= 4 is 57.0 Å². The van der Waals surface area contributed by atoms with Gasteiger partial charge in [0.2, 0.25) is 5.91 Å². The van der Waals surface area contributed by atoms with Gasteiger partial charge in [-0.1, -0.05) is 29.8 Å². The topological polar surface area (TPSA) is 93.5 Å². The molecule has 1 saturated heterocycles. The summed E-state index contributed by atoms with van der Waals surface area (Å²) in [6, 6.07) is 10.3. The number of pyridine rings is 2. The molecule has 5 aromatic rings. The number of imidazole rings is 1. The van der Waals surface area contributed by atoms with E-state index < -0.39 is 0 Å². The Hall–Kier alpha value is -4.51. The lowest BCUT2D eigenvalue weighted by molar-refractivity contribution is -0.111.